The second-order valence-electron chi connectivity index (χ2n) is 2.78. The summed E-state index contributed by atoms with van der Waals surface area (Å²) >= 11 is 0. The molecule has 1 N–H and O–H groups in total. The Morgan fingerprint density at radius 3 is 3.08 bits per heavy atom. The Morgan fingerprint density at radius 2 is 2.46 bits per heavy atom. The summed E-state index contributed by atoms with van der Waals surface area (Å²) in [5.41, 5.74) is 0.794. The maximum atomic E-state index is 12.6. The Kier molecular flexibility index (Phi) is 3.41. The summed E-state index contributed by atoms with van der Waals surface area (Å²) in [6.07, 6.45) is 7.95. The molecule has 0 saturated heterocycles. The molecular weight excluding hydrogens is 167 g/mol. The molecule has 0 aliphatic heterocycles. The van der Waals surface area contributed by atoms with Crippen LogP contribution in [0, 0.1) is 18.2 Å². The highest BCUT2D eigenvalue weighted by atomic mass is 19.1. The molecule has 68 valence electrons. The minimum absolute atomic E-state index is 0.0109. The van der Waals surface area contributed by atoms with E-state index in [9.17, 15) is 4.39 Å². The second kappa shape index (κ2) is 4.58. The van der Waals surface area contributed by atoms with E-state index in [1.165, 1.54) is 12.3 Å². The van der Waals surface area contributed by atoms with E-state index in [1.54, 1.807) is 6.20 Å². The van der Waals surface area contributed by atoms with Gasteiger partial charge in [-0.1, -0.05) is 5.92 Å². The molecule has 0 aliphatic carbocycles. The Morgan fingerprint density at radius 1 is 1.69 bits per heavy atom. The Labute approximate surface area is 77.2 Å². The Balaban J connectivity index is 2.51. The summed E-state index contributed by atoms with van der Waals surface area (Å²) in [6.45, 7) is 2.41. The second-order valence-corrected chi connectivity index (χ2v) is 2.78. The van der Waals surface area contributed by atoms with Gasteiger partial charge in [-0.25, -0.2) is 4.39 Å². The largest absolute Gasteiger partial charge is 0.300 e. The number of halogens is 1. The molecule has 0 saturated carbocycles. The summed E-state index contributed by atoms with van der Waals surface area (Å²) in [4.78, 5) is 3.72. The lowest BCUT2D eigenvalue weighted by Gasteiger charge is -2.06. The highest BCUT2D eigenvalue weighted by Gasteiger charge is 1.98. The minimum atomic E-state index is -0.326. The molecule has 1 rings (SSSR count). The molecule has 0 spiro atoms. The van der Waals surface area contributed by atoms with Crippen LogP contribution in [0.2, 0.25) is 0 Å². The van der Waals surface area contributed by atoms with E-state index in [4.69, 9.17) is 6.42 Å². The molecule has 1 aromatic heterocycles. The van der Waals surface area contributed by atoms with Crippen molar-refractivity contribution >= 4 is 0 Å². The molecule has 1 heterocycles. The first-order valence-corrected chi connectivity index (χ1v) is 4.01. The SMILES string of the molecule is C#CC(C)NCc1cncc(F)c1. The summed E-state index contributed by atoms with van der Waals surface area (Å²) < 4.78 is 12.6. The van der Waals surface area contributed by atoms with Crippen molar-refractivity contribution in [2.24, 2.45) is 0 Å². The summed E-state index contributed by atoms with van der Waals surface area (Å²) in [7, 11) is 0. The van der Waals surface area contributed by atoms with E-state index in [1.807, 2.05) is 6.92 Å². The van der Waals surface area contributed by atoms with Gasteiger partial charge in [0.1, 0.15) is 5.82 Å². The quantitative estimate of drug-likeness (QED) is 0.706. The van der Waals surface area contributed by atoms with Gasteiger partial charge in [0.05, 0.1) is 12.2 Å². The molecule has 0 fully saturated rings. The molecule has 0 bridgehead atoms. The number of rotatable bonds is 3. The third-order valence-corrected chi connectivity index (χ3v) is 1.62. The van der Waals surface area contributed by atoms with Gasteiger partial charge in [0.15, 0.2) is 0 Å². The van der Waals surface area contributed by atoms with E-state index < -0.39 is 0 Å². The first kappa shape index (κ1) is 9.69. The van der Waals surface area contributed by atoms with E-state index >= 15 is 0 Å². The number of nitrogens with one attached hydrogen (secondary N) is 1. The fraction of sp³-hybridized carbons (Fsp3) is 0.300. The third kappa shape index (κ3) is 3.22. The zero-order valence-electron chi connectivity index (χ0n) is 7.42. The zero-order valence-corrected chi connectivity index (χ0v) is 7.42. The van der Waals surface area contributed by atoms with Gasteiger partial charge in [-0.3, -0.25) is 10.3 Å². The van der Waals surface area contributed by atoms with Crippen LogP contribution in [0.1, 0.15) is 12.5 Å². The van der Waals surface area contributed by atoms with Crippen LogP contribution in [0.3, 0.4) is 0 Å². The molecule has 1 aromatic rings. The van der Waals surface area contributed by atoms with E-state index in [-0.39, 0.29) is 11.9 Å². The van der Waals surface area contributed by atoms with Gasteiger partial charge in [0.25, 0.3) is 0 Å². The molecule has 0 amide bonds. The summed E-state index contributed by atoms with van der Waals surface area (Å²) in [5, 5.41) is 3.03. The molecule has 0 radical (unpaired) electrons. The molecule has 13 heavy (non-hydrogen) atoms. The van der Waals surface area contributed by atoms with Crippen LogP contribution in [0.15, 0.2) is 18.5 Å². The normalized spacial score (nSPS) is 12.1. The standard InChI is InChI=1S/C10H11FN2/c1-3-8(2)13-6-9-4-10(11)7-12-5-9/h1,4-5,7-8,13H,6H2,2H3. The van der Waals surface area contributed by atoms with Crippen LogP contribution in [0.25, 0.3) is 0 Å². The van der Waals surface area contributed by atoms with Gasteiger partial charge in [-0.15, -0.1) is 6.42 Å². The van der Waals surface area contributed by atoms with Crippen molar-refractivity contribution in [3.63, 3.8) is 0 Å². The number of hydrogen-bond donors (Lipinski definition) is 1. The Hall–Kier alpha value is -1.40. The van der Waals surface area contributed by atoms with Crippen molar-refractivity contribution in [3.05, 3.63) is 29.8 Å². The van der Waals surface area contributed by atoms with Crippen LogP contribution in [0.5, 0.6) is 0 Å². The van der Waals surface area contributed by atoms with Crippen LogP contribution in [-0.4, -0.2) is 11.0 Å². The van der Waals surface area contributed by atoms with E-state index in [0.29, 0.717) is 6.54 Å². The van der Waals surface area contributed by atoms with Gasteiger partial charge in [-0.2, -0.15) is 0 Å². The van der Waals surface area contributed by atoms with Gasteiger partial charge < -0.3 is 0 Å². The van der Waals surface area contributed by atoms with Crippen molar-refractivity contribution in [2.45, 2.75) is 19.5 Å². The van der Waals surface area contributed by atoms with Crippen molar-refractivity contribution in [2.75, 3.05) is 0 Å². The van der Waals surface area contributed by atoms with Crippen LogP contribution in [0.4, 0.5) is 4.39 Å². The van der Waals surface area contributed by atoms with Crippen LogP contribution >= 0.6 is 0 Å². The molecular formula is C10H11FN2. The average molecular weight is 178 g/mol. The molecule has 0 aliphatic rings. The lowest BCUT2D eigenvalue weighted by atomic mass is 10.2. The maximum Gasteiger partial charge on any atom is 0.141 e. The number of hydrogen-bond acceptors (Lipinski definition) is 2. The molecule has 3 heteroatoms. The Bertz CT molecular complexity index is 317. The molecule has 1 unspecified atom stereocenters. The van der Waals surface area contributed by atoms with Gasteiger partial charge in [-0.05, 0) is 18.6 Å². The highest BCUT2D eigenvalue weighted by molar-refractivity contribution is 5.10. The first-order valence-electron chi connectivity index (χ1n) is 4.01. The van der Waals surface area contributed by atoms with Crippen molar-refractivity contribution in [1.82, 2.24) is 10.3 Å². The first-order chi connectivity index (χ1) is 6.22. The predicted octanol–water partition coefficient (Wildman–Crippen LogP) is 1.33. The van der Waals surface area contributed by atoms with E-state index in [0.717, 1.165) is 5.56 Å². The lowest BCUT2D eigenvalue weighted by Crippen LogP contribution is -2.23. The monoisotopic (exact) mass is 178 g/mol. The van der Waals surface area contributed by atoms with Gasteiger partial charge in [0, 0.05) is 12.7 Å². The number of terminal acetylenes is 1. The fourth-order valence-electron chi connectivity index (χ4n) is 0.882. The summed E-state index contributed by atoms with van der Waals surface area (Å²) in [6, 6.07) is 1.42. The van der Waals surface area contributed by atoms with Crippen molar-refractivity contribution in [1.29, 1.82) is 0 Å². The summed E-state index contributed by atoms with van der Waals surface area (Å²) in [5.74, 6) is 2.20. The average Bonchev–Trinajstić information content (AvgIpc) is 2.14. The molecule has 0 aromatic carbocycles. The number of aromatic nitrogens is 1. The number of pyridine rings is 1. The fourth-order valence-corrected chi connectivity index (χ4v) is 0.882. The van der Waals surface area contributed by atoms with Crippen molar-refractivity contribution in [3.8, 4) is 12.3 Å². The zero-order chi connectivity index (χ0) is 9.68. The molecule has 2 nitrogen and oxygen atoms in total. The number of nitrogens with zero attached hydrogens (tertiary/aromatic N) is 1. The smallest absolute Gasteiger partial charge is 0.141 e. The predicted molar refractivity (Wildman–Crippen MR) is 49.3 cm³/mol. The van der Waals surface area contributed by atoms with Crippen molar-refractivity contribution < 1.29 is 4.39 Å². The third-order valence-electron chi connectivity index (χ3n) is 1.62. The van der Waals surface area contributed by atoms with Crippen LogP contribution < -0.4 is 5.32 Å². The minimum Gasteiger partial charge on any atom is -0.300 e. The lowest BCUT2D eigenvalue weighted by molar-refractivity contribution is 0.607. The molecule has 1 atom stereocenters. The highest BCUT2D eigenvalue weighted by Crippen LogP contribution is 2.00. The topological polar surface area (TPSA) is 24.9 Å². The van der Waals surface area contributed by atoms with Gasteiger partial charge in [0.2, 0.25) is 0 Å². The van der Waals surface area contributed by atoms with E-state index in [2.05, 4.69) is 16.2 Å². The van der Waals surface area contributed by atoms with Crippen LogP contribution in [-0.2, 0) is 6.54 Å². The maximum absolute atomic E-state index is 12.6. The van der Waals surface area contributed by atoms with Gasteiger partial charge >= 0.3 is 0 Å².